The molecule has 0 saturated carbocycles. The van der Waals surface area contributed by atoms with Crippen molar-refractivity contribution < 1.29 is 0 Å². The van der Waals surface area contributed by atoms with Crippen molar-refractivity contribution in [3.05, 3.63) is 106 Å². The van der Waals surface area contributed by atoms with Crippen molar-refractivity contribution in [3.8, 4) is 11.1 Å². The minimum Gasteiger partial charge on any atom is -0.244 e. The van der Waals surface area contributed by atoms with Crippen LogP contribution in [0.3, 0.4) is 0 Å². The molecule has 0 fully saturated rings. The van der Waals surface area contributed by atoms with Crippen LogP contribution in [0.15, 0.2) is 71.6 Å². The summed E-state index contributed by atoms with van der Waals surface area (Å²) in [5.41, 5.74) is 6.97. The minimum absolute atomic E-state index is 0.0429. The zero-order valence-corrected chi connectivity index (χ0v) is 15.7. The van der Waals surface area contributed by atoms with Gasteiger partial charge in [0.05, 0.1) is 13.1 Å². The lowest BCUT2D eigenvalue weighted by Crippen LogP contribution is -2.18. The Morgan fingerprint density at radius 2 is 1.38 bits per heavy atom. The van der Waals surface area contributed by atoms with Crippen molar-refractivity contribution >= 4 is 0 Å². The van der Waals surface area contributed by atoms with Crippen molar-refractivity contribution in [1.82, 2.24) is 0 Å². The largest absolute Gasteiger partial charge is 0.244 e. The summed E-state index contributed by atoms with van der Waals surface area (Å²) < 4.78 is 0. The van der Waals surface area contributed by atoms with E-state index in [1.54, 1.807) is 13.0 Å². The van der Waals surface area contributed by atoms with Gasteiger partial charge in [-0.15, -0.1) is 0 Å². The summed E-state index contributed by atoms with van der Waals surface area (Å²) >= 11 is 0. The lowest BCUT2D eigenvalue weighted by atomic mass is 9.73. The van der Waals surface area contributed by atoms with E-state index in [2.05, 4.69) is 79.0 Å². The second-order valence-corrected chi connectivity index (χ2v) is 7.67. The first-order chi connectivity index (χ1) is 12.4. The molecule has 0 radical (unpaired) electrons. The third kappa shape index (κ3) is 2.96. The summed E-state index contributed by atoms with van der Waals surface area (Å²) in [4.78, 5) is 7.33. The predicted molar refractivity (Wildman–Crippen MR) is 107 cm³/mol. The fourth-order valence-electron chi connectivity index (χ4n) is 3.83. The monoisotopic (exact) mass is 338 g/mol. The van der Waals surface area contributed by atoms with E-state index in [9.17, 15) is 0 Å². The quantitative estimate of drug-likeness (QED) is 0.418. The van der Waals surface area contributed by atoms with Crippen LogP contribution in [-0.2, 0) is 0 Å². The van der Waals surface area contributed by atoms with Gasteiger partial charge in [0, 0.05) is 5.92 Å². The molecule has 2 heteroatoms. The maximum absolute atomic E-state index is 7.79. The molecule has 3 rings (SSSR count). The summed E-state index contributed by atoms with van der Waals surface area (Å²) in [6.07, 6.45) is 1.74. The highest BCUT2D eigenvalue weighted by molar-refractivity contribution is 5.81. The Bertz CT molecular complexity index is 956. The number of hydrogen-bond donors (Lipinski definition) is 0. The topological polar surface area (TPSA) is 8.72 Å². The summed E-state index contributed by atoms with van der Waals surface area (Å²) in [7, 11) is 0. The zero-order valence-electron chi connectivity index (χ0n) is 15.7. The van der Waals surface area contributed by atoms with Gasteiger partial charge in [-0.1, -0.05) is 75.4 Å². The van der Waals surface area contributed by atoms with Crippen LogP contribution in [0.1, 0.15) is 44.7 Å². The molecule has 0 aromatic heterocycles. The van der Waals surface area contributed by atoms with Crippen molar-refractivity contribution in [3.63, 3.8) is 0 Å². The van der Waals surface area contributed by atoms with Crippen LogP contribution in [0.2, 0.25) is 0 Å². The molecule has 0 heterocycles. The Kier molecular flexibility index (Phi) is 4.54. The van der Waals surface area contributed by atoms with E-state index >= 15 is 0 Å². The Balaban J connectivity index is 2.37. The van der Waals surface area contributed by atoms with Gasteiger partial charge in [0.2, 0.25) is 0 Å². The number of benzene rings is 2. The van der Waals surface area contributed by atoms with Gasteiger partial charge in [-0.2, -0.15) is 0 Å². The highest BCUT2D eigenvalue weighted by atomic mass is 14.7. The molecular formula is C24H22N2. The van der Waals surface area contributed by atoms with Crippen LogP contribution in [0.25, 0.3) is 20.8 Å². The fraction of sp³-hybridized carbons (Fsp3) is 0.250. The molecule has 128 valence electrons. The fourth-order valence-corrected chi connectivity index (χ4v) is 3.83. The zero-order chi connectivity index (χ0) is 18.9. The number of rotatable bonds is 2. The van der Waals surface area contributed by atoms with E-state index in [0.717, 1.165) is 5.57 Å². The molecule has 0 saturated heterocycles. The lowest BCUT2D eigenvalue weighted by molar-refractivity contribution is 0.475. The van der Waals surface area contributed by atoms with E-state index in [-0.39, 0.29) is 11.3 Å². The second kappa shape index (κ2) is 6.66. The average molecular weight is 338 g/mol. The molecule has 26 heavy (non-hydrogen) atoms. The van der Waals surface area contributed by atoms with Crippen LogP contribution in [0.5, 0.6) is 0 Å². The summed E-state index contributed by atoms with van der Waals surface area (Å²) in [5, 5.41) is 0. The average Bonchev–Trinajstić information content (AvgIpc) is 2.94. The van der Waals surface area contributed by atoms with Crippen molar-refractivity contribution in [1.29, 1.82) is 0 Å². The van der Waals surface area contributed by atoms with Crippen LogP contribution in [0, 0.1) is 18.6 Å². The number of fused-ring (bicyclic) bond motifs is 3. The second-order valence-electron chi connectivity index (χ2n) is 7.67. The molecule has 2 aromatic rings. The summed E-state index contributed by atoms with van der Waals surface area (Å²) in [6, 6.07) is 16.9. The van der Waals surface area contributed by atoms with E-state index in [1.165, 1.54) is 22.3 Å². The Morgan fingerprint density at radius 3 is 1.81 bits per heavy atom. The molecule has 0 spiro atoms. The molecule has 2 nitrogen and oxygen atoms in total. The smallest absolute Gasteiger partial charge is 0.177 e. The highest BCUT2D eigenvalue weighted by Gasteiger charge is 2.36. The Labute approximate surface area is 156 Å². The Morgan fingerprint density at radius 1 is 0.885 bits per heavy atom. The molecule has 0 amide bonds. The first kappa shape index (κ1) is 17.7. The molecule has 1 aliphatic rings. The van der Waals surface area contributed by atoms with Gasteiger partial charge in [-0.25, -0.2) is 9.69 Å². The number of nitrogens with zero attached hydrogens (tertiary/aromatic N) is 2. The minimum atomic E-state index is -0.200. The number of allylic oxidation sites excluding steroid dienone is 3. The maximum atomic E-state index is 7.79. The van der Waals surface area contributed by atoms with Crippen molar-refractivity contribution in [2.24, 2.45) is 5.41 Å². The van der Waals surface area contributed by atoms with Crippen LogP contribution in [0.4, 0.5) is 0 Å². The van der Waals surface area contributed by atoms with Gasteiger partial charge in [-0.05, 0) is 40.2 Å². The molecule has 0 atom stereocenters. The lowest BCUT2D eigenvalue weighted by Gasteiger charge is -2.31. The van der Waals surface area contributed by atoms with Crippen LogP contribution >= 0.6 is 0 Å². The Hall–Kier alpha value is -3.10. The van der Waals surface area contributed by atoms with Crippen molar-refractivity contribution in [2.75, 3.05) is 0 Å². The maximum Gasteiger partial charge on any atom is 0.177 e. The van der Waals surface area contributed by atoms with Gasteiger partial charge < -0.3 is 0 Å². The standard InChI is InChI=1S/C24H22N2/c1-16(25-5)15-21(26-6)23(24(2,3)4)22-19-13-9-7-11-17(19)18-12-8-10-14-20(18)22/h7-15,22H,1-4H3. The van der Waals surface area contributed by atoms with Gasteiger partial charge in [-0.3, -0.25) is 0 Å². The third-order valence-electron chi connectivity index (χ3n) is 4.85. The van der Waals surface area contributed by atoms with E-state index in [4.69, 9.17) is 13.1 Å². The van der Waals surface area contributed by atoms with Gasteiger partial charge in [0.15, 0.2) is 11.4 Å². The van der Waals surface area contributed by atoms with E-state index in [0.29, 0.717) is 11.4 Å². The van der Waals surface area contributed by atoms with Crippen molar-refractivity contribution in [2.45, 2.75) is 33.6 Å². The molecule has 2 aromatic carbocycles. The van der Waals surface area contributed by atoms with Crippen LogP contribution in [-0.4, -0.2) is 0 Å². The molecule has 0 aliphatic heterocycles. The molecule has 0 bridgehead atoms. The molecule has 1 aliphatic carbocycles. The first-order valence-electron chi connectivity index (χ1n) is 8.74. The first-order valence-corrected chi connectivity index (χ1v) is 8.74. The third-order valence-corrected chi connectivity index (χ3v) is 4.85. The van der Waals surface area contributed by atoms with Gasteiger partial charge >= 0.3 is 0 Å². The molecule has 0 unspecified atom stereocenters. The normalized spacial score (nSPS) is 14.8. The van der Waals surface area contributed by atoms with E-state index < -0.39 is 0 Å². The summed E-state index contributed by atoms with van der Waals surface area (Å²) in [5.74, 6) is 0.0429. The van der Waals surface area contributed by atoms with Gasteiger partial charge in [0.25, 0.3) is 0 Å². The van der Waals surface area contributed by atoms with Crippen LogP contribution < -0.4 is 0 Å². The SMILES string of the molecule is [C-]#[N+]C(C)=CC([N+]#[C-])=C(C1c2ccccc2-c2ccccc21)C(C)(C)C. The number of hydrogen-bond acceptors (Lipinski definition) is 0. The molecule has 0 N–H and O–H groups in total. The predicted octanol–water partition coefficient (Wildman–Crippen LogP) is 6.84. The summed E-state index contributed by atoms with van der Waals surface area (Å²) in [6.45, 7) is 23.3. The molecular weight excluding hydrogens is 316 g/mol. The highest BCUT2D eigenvalue weighted by Crippen LogP contribution is 2.53. The van der Waals surface area contributed by atoms with Gasteiger partial charge in [0.1, 0.15) is 0 Å². The van der Waals surface area contributed by atoms with E-state index in [1.807, 2.05) is 0 Å².